The lowest BCUT2D eigenvalue weighted by Crippen LogP contribution is -3.12. The normalized spacial score (nSPS) is 11.1. The summed E-state index contributed by atoms with van der Waals surface area (Å²) in [5, 5.41) is 4.99. The highest BCUT2D eigenvalue weighted by Crippen LogP contribution is 2.15. The molecular weight excluding hydrogens is 392 g/mol. The van der Waals surface area contributed by atoms with Gasteiger partial charge in [0.2, 0.25) is 0 Å². The molecule has 6 heteroatoms. The van der Waals surface area contributed by atoms with Crippen molar-refractivity contribution in [3.05, 3.63) is 76.1 Å². The van der Waals surface area contributed by atoms with Crippen LogP contribution in [-0.4, -0.2) is 41.2 Å². The Morgan fingerprint density at radius 3 is 2.53 bits per heavy atom. The summed E-state index contributed by atoms with van der Waals surface area (Å²) in [6.45, 7) is 10.8. The van der Waals surface area contributed by atoms with Crippen LogP contribution in [0.2, 0.25) is 0 Å². The molecule has 1 heterocycles. The van der Waals surface area contributed by atoms with Gasteiger partial charge in [0, 0.05) is 16.8 Å². The molecule has 1 aromatic heterocycles. The van der Waals surface area contributed by atoms with Crippen molar-refractivity contribution in [1.29, 1.82) is 0 Å². The fourth-order valence-corrected chi connectivity index (χ4v) is 3.83. The van der Waals surface area contributed by atoms with Gasteiger partial charge >= 0.3 is 0 Å². The average molecular weight is 424 g/mol. The molecule has 2 aromatic carbocycles. The predicted octanol–water partition coefficient (Wildman–Crippen LogP) is 2.96. The number of quaternary nitrogens is 1. The van der Waals surface area contributed by atoms with E-state index in [-0.39, 0.29) is 5.56 Å². The first kappa shape index (κ1) is 22.0. The molecule has 3 aromatic rings. The van der Waals surface area contributed by atoms with Gasteiger partial charge in [-0.2, -0.15) is 0 Å². The number of pyridine rings is 1. The zero-order valence-corrected chi connectivity index (χ0v) is 18.8. The van der Waals surface area contributed by atoms with Crippen molar-refractivity contribution in [3.63, 3.8) is 0 Å². The Balaban J connectivity index is 1.84. The summed E-state index contributed by atoms with van der Waals surface area (Å²) in [5.41, 5.74) is 3.61. The second-order valence-corrected chi connectivity index (χ2v) is 8.03. The molecule has 0 spiro atoms. The third kappa shape index (κ3) is 5.68. The van der Waals surface area contributed by atoms with Gasteiger partial charge in [-0.05, 0) is 68.2 Å². The van der Waals surface area contributed by atoms with Crippen molar-refractivity contribution < 1.29 is 4.90 Å². The van der Waals surface area contributed by atoms with E-state index in [9.17, 15) is 4.79 Å². The maximum Gasteiger partial charge on any atom is 0.253 e. The van der Waals surface area contributed by atoms with Crippen LogP contribution in [0.3, 0.4) is 0 Å². The Kier molecular flexibility index (Phi) is 7.60. The Hall–Kier alpha value is -2.70. The summed E-state index contributed by atoms with van der Waals surface area (Å²) in [5.74, 6) is 0. The van der Waals surface area contributed by atoms with Crippen LogP contribution in [0, 0.1) is 6.92 Å². The zero-order valence-electron chi connectivity index (χ0n) is 18.0. The van der Waals surface area contributed by atoms with Gasteiger partial charge in [0.15, 0.2) is 5.11 Å². The molecule has 158 valence electrons. The van der Waals surface area contributed by atoms with Crippen molar-refractivity contribution in [2.75, 3.05) is 31.5 Å². The van der Waals surface area contributed by atoms with Crippen molar-refractivity contribution >= 4 is 33.9 Å². The van der Waals surface area contributed by atoms with Gasteiger partial charge < -0.3 is 20.1 Å². The quantitative estimate of drug-likeness (QED) is 0.488. The maximum atomic E-state index is 12.8. The number of likely N-dealkylation sites (N-methyl/N-ethyl adjacent to an activating group) is 1. The first-order valence-electron chi connectivity index (χ1n) is 10.6. The number of hydrogen-bond donors (Lipinski definition) is 3. The summed E-state index contributed by atoms with van der Waals surface area (Å²) in [6, 6.07) is 18.0. The lowest BCUT2D eigenvalue weighted by atomic mass is 10.1. The number of thiocarbonyl (C=S) groups is 1. The number of nitrogens with zero attached hydrogens (tertiary/aromatic N) is 1. The smallest absolute Gasteiger partial charge is 0.253 e. The van der Waals surface area contributed by atoms with Crippen molar-refractivity contribution in [1.82, 2.24) is 9.88 Å². The number of benzene rings is 2. The third-order valence-corrected chi connectivity index (χ3v) is 5.85. The summed E-state index contributed by atoms with van der Waals surface area (Å²) in [7, 11) is 0. The number of para-hydroxylation sites is 1. The van der Waals surface area contributed by atoms with Crippen LogP contribution < -0.4 is 15.8 Å². The van der Waals surface area contributed by atoms with E-state index < -0.39 is 0 Å². The Labute approximate surface area is 183 Å². The Morgan fingerprint density at radius 2 is 1.83 bits per heavy atom. The number of rotatable bonds is 8. The molecule has 0 aliphatic heterocycles. The number of aryl methyl sites for hydroxylation is 1. The van der Waals surface area contributed by atoms with Crippen LogP contribution in [-0.2, 0) is 6.54 Å². The number of nitrogens with one attached hydrogen (secondary N) is 3. The molecule has 0 fully saturated rings. The lowest BCUT2D eigenvalue weighted by molar-refractivity contribution is -0.895. The molecule has 5 nitrogen and oxygen atoms in total. The van der Waals surface area contributed by atoms with Crippen molar-refractivity contribution in [2.45, 2.75) is 27.3 Å². The zero-order chi connectivity index (χ0) is 21.5. The van der Waals surface area contributed by atoms with Gasteiger partial charge in [0.25, 0.3) is 5.56 Å². The largest absolute Gasteiger partial charge is 0.339 e. The predicted molar refractivity (Wildman–Crippen MR) is 129 cm³/mol. The fourth-order valence-electron chi connectivity index (χ4n) is 3.56. The fraction of sp³-hybridized carbons (Fsp3) is 0.333. The third-order valence-electron chi connectivity index (χ3n) is 5.49. The van der Waals surface area contributed by atoms with Gasteiger partial charge in [-0.15, -0.1) is 0 Å². The van der Waals surface area contributed by atoms with E-state index in [4.69, 9.17) is 12.2 Å². The van der Waals surface area contributed by atoms with Crippen LogP contribution in [0.1, 0.15) is 25.0 Å². The molecule has 0 radical (unpaired) electrons. The molecule has 0 bridgehead atoms. The molecule has 0 saturated heterocycles. The molecule has 3 rings (SSSR count). The molecule has 30 heavy (non-hydrogen) atoms. The molecule has 3 N–H and O–H groups in total. The van der Waals surface area contributed by atoms with E-state index in [0.29, 0.717) is 11.7 Å². The number of aromatic amines is 1. The Morgan fingerprint density at radius 1 is 1.10 bits per heavy atom. The van der Waals surface area contributed by atoms with Crippen LogP contribution >= 0.6 is 12.2 Å². The van der Waals surface area contributed by atoms with Crippen molar-refractivity contribution in [2.24, 2.45) is 0 Å². The molecule has 0 aliphatic carbocycles. The number of H-pyrrole nitrogens is 1. The molecule has 0 atom stereocenters. The standard InChI is InChI=1S/C24H30N4OS/c1-4-27(5-2)13-14-28(24(30)25-21-9-7-6-8-10-21)17-20-16-19-12-11-18(3)15-22(19)26-23(20)29/h6-12,15-16H,4-5,13-14,17H2,1-3H3,(H,25,30)(H,26,29)/p+1. The van der Waals surface area contributed by atoms with Crippen LogP contribution in [0.25, 0.3) is 10.9 Å². The number of aromatic nitrogens is 1. The molecule has 0 unspecified atom stereocenters. The first-order chi connectivity index (χ1) is 14.5. The Bertz CT molecular complexity index is 1040. The van der Waals surface area contributed by atoms with E-state index in [1.165, 1.54) is 4.90 Å². The van der Waals surface area contributed by atoms with E-state index in [1.54, 1.807) is 0 Å². The van der Waals surface area contributed by atoms with Gasteiger partial charge in [0.1, 0.15) is 0 Å². The van der Waals surface area contributed by atoms with Crippen LogP contribution in [0.4, 0.5) is 5.69 Å². The lowest BCUT2D eigenvalue weighted by Gasteiger charge is -2.27. The van der Waals surface area contributed by atoms with Gasteiger partial charge in [-0.25, -0.2) is 0 Å². The molecule has 0 aliphatic rings. The van der Waals surface area contributed by atoms with Gasteiger partial charge in [0.05, 0.1) is 32.7 Å². The number of anilines is 1. The van der Waals surface area contributed by atoms with Crippen molar-refractivity contribution in [3.8, 4) is 0 Å². The monoisotopic (exact) mass is 423 g/mol. The SMILES string of the molecule is CC[NH+](CC)CCN(Cc1cc2ccc(C)cc2[nH]c1=O)C(=S)Nc1ccccc1. The molecular formula is C24H31N4OS+. The number of fused-ring (bicyclic) bond motifs is 1. The summed E-state index contributed by atoms with van der Waals surface area (Å²) < 4.78 is 0. The van der Waals surface area contributed by atoms with Crippen LogP contribution in [0.15, 0.2) is 59.4 Å². The minimum Gasteiger partial charge on any atom is -0.339 e. The highest BCUT2D eigenvalue weighted by atomic mass is 32.1. The second-order valence-electron chi connectivity index (χ2n) is 7.64. The van der Waals surface area contributed by atoms with E-state index in [2.05, 4.69) is 41.2 Å². The second kappa shape index (κ2) is 10.4. The number of hydrogen-bond acceptors (Lipinski definition) is 2. The summed E-state index contributed by atoms with van der Waals surface area (Å²) in [4.78, 5) is 19.4. The summed E-state index contributed by atoms with van der Waals surface area (Å²) >= 11 is 5.73. The maximum absolute atomic E-state index is 12.8. The summed E-state index contributed by atoms with van der Waals surface area (Å²) in [6.07, 6.45) is 0. The van der Waals surface area contributed by atoms with Gasteiger partial charge in [-0.3, -0.25) is 4.79 Å². The van der Waals surface area contributed by atoms with E-state index in [0.717, 1.165) is 53.9 Å². The minimum absolute atomic E-state index is 0.0594. The molecule has 0 amide bonds. The van der Waals surface area contributed by atoms with E-state index >= 15 is 0 Å². The van der Waals surface area contributed by atoms with E-state index in [1.807, 2.05) is 49.4 Å². The van der Waals surface area contributed by atoms with Crippen LogP contribution in [0.5, 0.6) is 0 Å². The topological polar surface area (TPSA) is 52.6 Å². The highest BCUT2D eigenvalue weighted by Gasteiger charge is 2.16. The molecule has 0 saturated carbocycles. The first-order valence-corrected chi connectivity index (χ1v) is 11.0. The van der Waals surface area contributed by atoms with Gasteiger partial charge in [-0.1, -0.05) is 30.3 Å². The average Bonchev–Trinajstić information content (AvgIpc) is 2.74. The highest BCUT2D eigenvalue weighted by molar-refractivity contribution is 7.80. The minimum atomic E-state index is -0.0594.